The minimum absolute atomic E-state index is 0.251. The summed E-state index contributed by atoms with van der Waals surface area (Å²) in [6.07, 6.45) is 2.58. The Hall–Kier alpha value is -1.69. The van der Waals surface area contributed by atoms with E-state index in [4.69, 9.17) is 5.84 Å². The molecule has 0 saturated heterocycles. The molecule has 0 unspecified atom stereocenters. The SMILES string of the molecule is NNC(=O)c1ccc(CN(Cc2cccs2)C2CC2)cc1. The monoisotopic (exact) mass is 301 g/mol. The standard InChI is InChI=1S/C16H19N3OS/c17-18-16(20)13-5-3-12(4-6-13)10-19(14-7-8-14)11-15-2-1-9-21-15/h1-6,9,14H,7-8,10-11,17H2,(H,18,20). The first-order chi connectivity index (χ1) is 10.3. The van der Waals surface area contributed by atoms with Crippen molar-refractivity contribution >= 4 is 17.2 Å². The van der Waals surface area contributed by atoms with Gasteiger partial charge in [-0.3, -0.25) is 15.1 Å². The van der Waals surface area contributed by atoms with Crippen LogP contribution in [0.3, 0.4) is 0 Å². The summed E-state index contributed by atoms with van der Waals surface area (Å²) >= 11 is 1.81. The van der Waals surface area contributed by atoms with E-state index < -0.39 is 0 Å². The van der Waals surface area contributed by atoms with Crippen LogP contribution < -0.4 is 11.3 Å². The van der Waals surface area contributed by atoms with Crippen LogP contribution in [0.5, 0.6) is 0 Å². The van der Waals surface area contributed by atoms with Gasteiger partial charge < -0.3 is 0 Å². The fourth-order valence-corrected chi connectivity index (χ4v) is 3.17. The number of benzene rings is 1. The molecule has 1 fully saturated rings. The highest BCUT2D eigenvalue weighted by Crippen LogP contribution is 2.30. The summed E-state index contributed by atoms with van der Waals surface area (Å²) in [7, 11) is 0. The summed E-state index contributed by atoms with van der Waals surface area (Å²) < 4.78 is 0. The summed E-state index contributed by atoms with van der Waals surface area (Å²) in [4.78, 5) is 15.4. The molecule has 1 aliphatic carbocycles. The van der Waals surface area contributed by atoms with E-state index in [-0.39, 0.29) is 5.91 Å². The van der Waals surface area contributed by atoms with Gasteiger partial charge >= 0.3 is 0 Å². The topological polar surface area (TPSA) is 58.4 Å². The summed E-state index contributed by atoms with van der Waals surface area (Å²) in [5.74, 6) is 4.89. The van der Waals surface area contributed by atoms with Gasteiger partial charge in [-0.25, -0.2) is 5.84 Å². The Morgan fingerprint density at radius 1 is 1.24 bits per heavy atom. The molecule has 0 radical (unpaired) electrons. The third kappa shape index (κ3) is 3.69. The minimum atomic E-state index is -0.251. The van der Waals surface area contributed by atoms with Crippen LogP contribution in [0.2, 0.25) is 0 Å². The van der Waals surface area contributed by atoms with Crippen molar-refractivity contribution in [1.82, 2.24) is 10.3 Å². The van der Waals surface area contributed by atoms with E-state index in [9.17, 15) is 4.79 Å². The Labute approximate surface area is 128 Å². The van der Waals surface area contributed by atoms with Crippen molar-refractivity contribution in [2.45, 2.75) is 32.0 Å². The Kier molecular flexibility index (Phi) is 4.34. The van der Waals surface area contributed by atoms with Crippen LogP contribution in [0, 0.1) is 0 Å². The largest absolute Gasteiger partial charge is 0.291 e. The first-order valence-electron chi connectivity index (χ1n) is 7.12. The number of nitrogens with two attached hydrogens (primary N) is 1. The Bertz CT molecular complexity index is 590. The second-order valence-corrected chi connectivity index (χ2v) is 6.42. The van der Waals surface area contributed by atoms with E-state index in [0.29, 0.717) is 11.6 Å². The molecular formula is C16H19N3OS. The number of amides is 1. The van der Waals surface area contributed by atoms with Gasteiger partial charge in [0, 0.05) is 29.6 Å². The molecule has 1 aromatic carbocycles. The van der Waals surface area contributed by atoms with Crippen molar-refractivity contribution in [2.24, 2.45) is 5.84 Å². The van der Waals surface area contributed by atoms with Crippen molar-refractivity contribution in [2.75, 3.05) is 0 Å². The highest BCUT2D eigenvalue weighted by molar-refractivity contribution is 7.09. The van der Waals surface area contributed by atoms with Gasteiger partial charge in [-0.15, -0.1) is 11.3 Å². The highest BCUT2D eigenvalue weighted by atomic mass is 32.1. The summed E-state index contributed by atoms with van der Waals surface area (Å²) in [6.45, 7) is 1.93. The zero-order valence-electron chi connectivity index (χ0n) is 11.8. The van der Waals surface area contributed by atoms with Gasteiger partial charge in [0.15, 0.2) is 0 Å². The number of nitrogens with one attached hydrogen (secondary N) is 1. The number of nitrogens with zero attached hydrogens (tertiary/aromatic N) is 1. The lowest BCUT2D eigenvalue weighted by Crippen LogP contribution is -2.30. The van der Waals surface area contributed by atoms with Crippen molar-refractivity contribution in [3.63, 3.8) is 0 Å². The van der Waals surface area contributed by atoms with Crippen LogP contribution in [0.4, 0.5) is 0 Å². The normalized spacial score (nSPS) is 14.4. The molecule has 3 N–H and O–H groups in total. The fourth-order valence-electron chi connectivity index (χ4n) is 2.44. The van der Waals surface area contributed by atoms with Gasteiger partial charge in [-0.05, 0) is 42.0 Å². The zero-order valence-corrected chi connectivity index (χ0v) is 12.6. The molecule has 1 heterocycles. The Balaban J connectivity index is 1.66. The number of hydrogen-bond acceptors (Lipinski definition) is 4. The Morgan fingerprint density at radius 2 is 2.00 bits per heavy atom. The quantitative estimate of drug-likeness (QED) is 0.490. The molecule has 5 heteroatoms. The molecular weight excluding hydrogens is 282 g/mol. The average Bonchev–Trinajstić information content (AvgIpc) is 3.24. The van der Waals surface area contributed by atoms with Crippen LogP contribution in [-0.2, 0) is 13.1 Å². The van der Waals surface area contributed by atoms with Gasteiger partial charge in [0.25, 0.3) is 5.91 Å². The van der Waals surface area contributed by atoms with Crippen molar-refractivity contribution < 1.29 is 4.79 Å². The summed E-state index contributed by atoms with van der Waals surface area (Å²) in [6, 6.07) is 12.7. The molecule has 1 aromatic heterocycles. The Morgan fingerprint density at radius 3 is 2.57 bits per heavy atom. The lowest BCUT2D eigenvalue weighted by Gasteiger charge is -2.21. The molecule has 0 aliphatic heterocycles. The molecule has 110 valence electrons. The molecule has 1 aliphatic rings. The van der Waals surface area contributed by atoms with Crippen LogP contribution >= 0.6 is 11.3 Å². The molecule has 3 rings (SSSR count). The van der Waals surface area contributed by atoms with E-state index in [1.54, 1.807) is 0 Å². The maximum absolute atomic E-state index is 11.4. The zero-order chi connectivity index (χ0) is 14.7. The third-order valence-electron chi connectivity index (χ3n) is 3.74. The number of rotatable bonds is 6. The number of hydrogen-bond donors (Lipinski definition) is 2. The second kappa shape index (κ2) is 6.39. The smallest absolute Gasteiger partial charge is 0.265 e. The number of nitrogen functional groups attached to an aromatic ring is 1. The van der Waals surface area contributed by atoms with Crippen molar-refractivity contribution in [3.8, 4) is 0 Å². The van der Waals surface area contributed by atoms with Crippen LogP contribution in [0.25, 0.3) is 0 Å². The molecule has 1 amide bonds. The summed E-state index contributed by atoms with van der Waals surface area (Å²) in [5, 5.41) is 2.13. The average molecular weight is 301 g/mol. The number of carbonyl (C=O) groups is 1. The van der Waals surface area contributed by atoms with E-state index in [2.05, 4.69) is 27.8 Å². The molecule has 2 aromatic rings. The van der Waals surface area contributed by atoms with E-state index in [1.165, 1.54) is 23.3 Å². The molecule has 0 atom stereocenters. The van der Waals surface area contributed by atoms with Crippen molar-refractivity contribution in [3.05, 3.63) is 57.8 Å². The predicted molar refractivity (Wildman–Crippen MR) is 84.7 cm³/mol. The lowest BCUT2D eigenvalue weighted by atomic mass is 10.1. The van der Waals surface area contributed by atoms with Gasteiger partial charge in [0.05, 0.1) is 0 Å². The first-order valence-corrected chi connectivity index (χ1v) is 8.00. The summed E-state index contributed by atoms with van der Waals surface area (Å²) in [5.41, 5.74) is 3.98. The van der Waals surface area contributed by atoms with Crippen LogP contribution in [0.1, 0.15) is 33.6 Å². The number of hydrazine groups is 1. The maximum Gasteiger partial charge on any atom is 0.265 e. The third-order valence-corrected chi connectivity index (χ3v) is 4.60. The van der Waals surface area contributed by atoms with Crippen molar-refractivity contribution in [1.29, 1.82) is 0 Å². The molecule has 1 saturated carbocycles. The number of carbonyl (C=O) groups excluding carboxylic acids is 1. The maximum atomic E-state index is 11.4. The minimum Gasteiger partial charge on any atom is -0.291 e. The van der Waals surface area contributed by atoms with Gasteiger partial charge in [-0.1, -0.05) is 18.2 Å². The van der Waals surface area contributed by atoms with Gasteiger partial charge in [0.2, 0.25) is 0 Å². The second-order valence-electron chi connectivity index (χ2n) is 5.39. The lowest BCUT2D eigenvalue weighted by molar-refractivity contribution is 0.0953. The van der Waals surface area contributed by atoms with E-state index in [1.807, 2.05) is 35.6 Å². The van der Waals surface area contributed by atoms with Gasteiger partial charge in [-0.2, -0.15) is 0 Å². The van der Waals surface area contributed by atoms with E-state index in [0.717, 1.165) is 13.1 Å². The molecule has 0 spiro atoms. The highest BCUT2D eigenvalue weighted by Gasteiger charge is 2.29. The van der Waals surface area contributed by atoms with Crippen LogP contribution in [0.15, 0.2) is 41.8 Å². The fraction of sp³-hybridized carbons (Fsp3) is 0.312. The number of thiophene rings is 1. The van der Waals surface area contributed by atoms with Crippen LogP contribution in [-0.4, -0.2) is 16.8 Å². The molecule has 4 nitrogen and oxygen atoms in total. The molecule has 21 heavy (non-hydrogen) atoms. The first kappa shape index (κ1) is 14.3. The van der Waals surface area contributed by atoms with E-state index >= 15 is 0 Å². The molecule has 0 bridgehead atoms. The van der Waals surface area contributed by atoms with Gasteiger partial charge in [0.1, 0.15) is 0 Å². The predicted octanol–water partition coefficient (Wildman–Crippen LogP) is 2.52.